The number of hydrogen-bond donors (Lipinski definition) is 3. The highest BCUT2D eigenvalue weighted by atomic mass is 16.7. The van der Waals surface area contributed by atoms with Crippen molar-refractivity contribution in [1.82, 2.24) is 0 Å². The molecule has 1 unspecified atom stereocenters. The lowest BCUT2D eigenvalue weighted by molar-refractivity contribution is -0.263. The van der Waals surface area contributed by atoms with Gasteiger partial charge in [-0.25, -0.2) is 0 Å². The fourth-order valence-corrected chi connectivity index (χ4v) is 0.676. The third-order valence-corrected chi connectivity index (χ3v) is 1.80. The van der Waals surface area contributed by atoms with Gasteiger partial charge in [0.05, 0.1) is 19.8 Å². The SMILES string of the molecule is COC(CO)(CO)OCC(C)CO. The van der Waals surface area contributed by atoms with Gasteiger partial charge in [0.2, 0.25) is 5.79 Å². The predicted molar refractivity (Wildman–Crippen MR) is 46.1 cm³/mol. The molecule has 5 heteroatoms. The molecule has 0 aromatic rings. The Hall–Kier alpha value is -0.200. The minimum Gasteiger partial charge on any atom is -0.396 e. The second kappa shape index (κ2) is 6.28. The van der Waals surface area contributed by atoms with Crippen molar-refractivity contribution >= 4 is 0 Å². The first-order valence-electron chi connectivity index (χ1n) is 4.15. The Morgan fingerprint density at radius 3 is 2.08 bits per heavy atom. The summed E-state index contributed by atoms with van der Waals surface area (Å²) in [5.74, 6) is -1.39. The molecule has 0 aliphatic rings. The van der Waals surface area contributed by atoms with Crippen molar-refractivity contribution in [3.05, 3.63) is 0 Å². The number of methoxy groups -OCH3 is 1. The van der Waals surface area contributed by atoms with Crippen LogP contribution in [-0.2, 0) is 9.47 Å². The summed E-state index contributed by atoms with van der Waals surface area (Å²) in [6.07, 6.45) is 0. The normalized spacial score (nSPS) is 14.5. The molecule has 0 aliphatic carbocycles. The van der Waals surface area contributed by atoms with Crippen LogP contribution in [0.3, 0.4) is 0 Å². The summed E-state index contributed by atoms with van der Waals surface area (Å²) in [4.78, 5) is 0. The highest BCUT2D eigenvalue weighted by Gasteiger charge is 2.29. The van der Waals surface area contributed by atoms with Crippen molar-refractivity contribution in [2.75, 3.05) is 33.5 Å². The summed E-state index contributed by atoms with van der Waals surface area (Å²) in [7, 11) is 1.34. The van der Waals surface area contributed by atoms with Crippen LogP contribution in [0, 0.1) is 5.92 Å². The molecular weight excluding hydrogens is 176 g/mol. The lowest BCUT2D eigenvalue weighted by Gasteiger charge is -2.29. The highest BCUT2D eigenvalue weighted by Crippen LogP contribution is 2.12. The van der Waals surface area contributed by atoms with E-state index in [0.29, 0.717) is 0 Å². The van der Waals surface area contributed by atoms with E-state index in [2.05, 4.69) is 0 Å². The Morgan fingerprint density at radius 1 is 1.23 bits per heavy atom. The van der Waals surface area contributed by atoms with Gasteiger partial charge in [0, 0.05) is 19.6 Å². The summed E-state index contributed by atoms with van der Waals surface area (Å²) < 4.78 is 9.97. The molecule has 0 spiro atoms. The molecular formula is C8H18O5. The van der Waals surface area contributed by atoms with E-state index in [0.717, 1.165) is 0 Å². The smallest absolute Gasteiger partial charge is 0.215 e. The topological polar surface area (TPSA) is 79.2 Å². The lowest BCUT2D eigenvalue weighted by atomic mass is 10.2. The summed E-state index contributed by atoms with van der Waals surface area (Å²) in [5, 5.41) is 26.5. The van der Waals surface area contributed by atoms with Crippen LogP contribution in [-0.4, -0.2) is 54.6 Å². The van der Waals surface area contributed by atoms with Gasteiger partial charge in [0.1, 0.15) is 0 Å². The number of hydrogen-bond acceptors (Lipinski definition) is 5. The molecule has 0 saturated carbocycles. The number of ether oxygens (including phenoxy) is 2. The third kappa shape index (κ3) is 4.02. The number of aliphatic hydroxyl groups is 3. The monoisotopic (exact) mass is 194 g/mol. The van der Waals surface area contributed by atoms with Crippen LogP contribution < -0.4 is 0 Å². The standard InChI is InChI=1S/C8H18O5/c1-7(3-9)4-13-8(5-10,6-11)12-2/h7,9-11H,3-6H2,1-2H3. The molecule has 0 aromatic carbocycles. The van der Waals surface area contributed by atoms with E-state index < -0.39 is 19.0 Å². The first-order chi connectivity index (χ1) is 6.14. The molecule has 0 saturated heterocycles. The van der Waals surface area contributed by atoms with Crippen LogP contribution >= 0.6 is 0 Å². The van der Waals surface area contributed by atoms with Gasteiger partial charge in [-0.15, -0.1) is 0 Å². The molecule has 0 heterocycles. The van der Waals surface area contributed by atoms with Crippen molar-refractivity contribution in [2.24, 2.45) is 5.92 Å². The van der Waals surface area contributed by atoms with Gasteiger partial charge in [-0.2, -0.15) is 0 Å². The Morgan fingerprint density at radius 2 is 1.77 bits per heavy atom. The van der Waals surface area contributed by atoms with Crippen LogP contribution in [0.15, 0.2) is 0 Å². The zero-order chi connectivity index (χ0) is 10.3. The molecule has 0 bridgehead atoms. The lowest BCUT2D eigenvalue weighted by Crippen LogP contribution is -2.44. The zero-order valence-corrected chi connectivity index (χ0v) is 8.06. The molecule has 0 rings (SSSR count). The Bertz CT molecular complexity index is 115. The molecule has 13 heavy (non-hydrogen) atoms. The molecule has 0 fully saturated rings. The second-order valence-corrected chi connectivity index (χ2v) is 3.03. The fraction of sp³-hybridized carbons (Fsp3) is 1.00. The van der Waals surface area contributed by atoms with Gasteiger partial charge < -0.3 is 24.8 Å². The third-order valence-electron chi connectivity index (χ3n) is 1.80. The average molecular weight is 194 g/mol. The largest absolute Gasteiger partial charge is 0.396 e. The molecule has 80 valence electrons. The van der Waals surface area contributed by atoms with Gasteiger partial charge in [-0.05, 0) is 0 Å². The maximum atomic E-state index is 8.89. The second-order valence-electron chi connectivity index (χ2n) is 3.03. The van der Waals surface area contributed by atoms with Crippen LogP contribution in [0.2, 0.25) is 0 Å². The Balaban J connectivity index is 3.95. The molecule has 1 atom stereocenters. The minimum absolute atomic E-state index is 0.00332. The van der Waals surface area contributed by atoms with E-state index >= 15 is 0 Å². The van der Waals surface area contributed by atoms with Crippen molar-refractivity contribution in [2.45, 2.75) is 12.7 Å². The first kappa shape index (κ1) is 12.8. The zero-order valence-electron chi connectivity index (χ0n) is 8.06. The van der Waals surface area contributed by atoms with Crippen molar-refractivity contribution in [3.8, 4) is 0 Å². The maximum Gasteiger partial charge on any atom is 0.215 e. The predicted octanol–water partition coefficient (Wildman–Crippen LogP) is -1.04. The van der Waals surface area contributed by atoms with Gasteiger partial charge in [0.15, 0.2) is 0 Å². The van der Waals surface area contributed by atoms with E-state index in [4.69, 9.17) is 24.8 Å². The maximum absolute atomic E-state index is 8.89. The molecule has 3 N–H and O–H groups in total. The highest BCUT2D eigenvalue weighted by molar-refractivity contribution is 4.66. The van der Waals surface area contributed by atoms with E-state index in [-0.39, 0.29) is 19.1 Å². The van der Waals surface area contributed by atoms with Gasteiger partial charge in [0.25, 0.3) is 0 Å². The summed E-state index contributed by atoms with van der Waals surface area (Å²) in [6, 6.07) is 0. The van der Waals surface area contributed by atoms with Crippen molar-refractivity contribution in [3.63, 3.8) is 0 Å². The van der Waals surface area contributed by atoms with Gasteiger partial charge in [-0.3, -0.25) is 0 Å². The molecule has 0 aromatic heterocycles. The van der Waals surface area contributed by atoms with Gasteiger partial charge >= 0.3 is 0 Å². The van der Waals surface area contributed by atoms with Crippen LogP contribution in [0.1, 0.15) is 6.92 Å². The van der Waals surface area contributed by atoms with E-state index in [1.54, 1.807) is 6.92 Å². The first-order valence-corrected chi connectivity index (χ1v) is 4.15. The molecule has 0 aliphatic heterocycles. The van der Waals surface area contributed by atoms with Crippen LogP contribution in [0.25, 0.3) is 0 Å². The van der Waals surface area contributed by atoms with Crippen LogP contribution in [0.4, 0.5) is 0 Å². The van der Waals surface area contributed by atoms with E-state index in [9.17, 15) is 0 Å². The average Bonchev–Trinajstić information content (AvgIpc) is 2.20. The Kier molecular flexibility index (Phi) is 6.19. The summed E-state index contributed by atoms with van der Waals surface area (Å²) in [5.41, 5.74) is 0. The van der Waals surface area contributed by atoms with E-state index in [1.807, 2.05) is 0 Å². The van der Waals surface area contributed by atoms with Crippen LogP contribution in [0.5, 0.6) is 0 Å². The summed E-state index contributed by atoms with van der Waals surface area (Å²) in [6.45, 7) is 1.17. The quantitative estimate of drug-likeness (QED) is 0.451. The van der Waals surface area contributed by atoms with E-state index in [1.165, 1.54) is 7.11 Å². The molecule has 0 radical (unpaired) electrons. The Labute approximate surface area is 77.9 Å². The summed E-state index contributed by atoms with van der Waals surface area (Å²) >= 11 is 0. The fourth-order valence-electron chi connectivity index (χ4n) is 0.676. The molecule has 0 amide bonds. The van der Waals surface area contributed by atoms with Crippen molar-refractivity contribution in [1.29, 1.82) is 0 Å². The number of rotatable bonds is 7. The van der Waals surface area contributed by atoms with Gasteiger partial charge in [-0.1, -0.05) is 6.92 Å². The molecule has 5 nitrogen and oxygen atoms in total. The number of aliphatic hydroxyl groups excluding tert-OH is 3. The minimum atomic E-state index is -1.34. The van der Waals surface area contributed by atoms with Crippen molar-refractivity contribution < 1.29 is 24.8 Å².